The van der Waals surface area contributed by atoms with Crippen molar-refractivity contribution in [3.63, 3.8) is 0 Å². The van der Waals surface area contributed by atoms with Gasteiger partial charge < -0.3 is 5.32 Å². The van der Waals surface area contributed by atoms with Crippen LogP contribution < -0.4 is 5.32 Å². The summed E-state index contributed by atoms with van der Waals surface area (Å²) in [6, 6.07) is -1.44. The molecule has 0 saturated heterocycles. The molecule has 0 spiro atoms. The van der Waals surface area contributed by atoms with Crippen molar-refractivity contribution < 1.29 is 31.5 Å². The fraction of sp³-hybridized carbons (Fsp3) is 0.778. The van der Waals surface area contributed by atoms with Crippen LogP contribution in [-0.4, -0.2) is 35.7 Å². The Morgan fingerprint density at radius 1 is 1.22 bits per heavy atom. The molecular formula is C9H11ClF5NO2. The summed E-state index contributed by atoms with van der Waals surface area (Å²) in [6.07, 6.45) is -5.76. The van der Waals surface area contributed by atoms with E-state index in [9.17, 15) is 31.5 Å². The third-order valence-electron chi connectivity index (χ3n) is 2.04. The quantitative estimate of drug-likeness (QED) is 0.603. The first-order valence-corrected chi connectivity index (χ1v) is 5.45. The van der Waals surface area contributed by atoms with E-state index in [0.717, 1.165) is 0 Å². The van der Waals surface area contributed by atoms with Gasteiger partial charge in [-0.3, -0.25) is 9.59 Å². The number of ketones is 1. The van der Waals surface area contributed by atoms with Crippen LogP contribution in [-0.2, 0) is 9.59 Å². The summed E-state index contributed by atoms with van der Waals surface area (Å²) in [4.78, 5) is 22.0. The summed E-state index contributed by atoms with van der Waals surface area (Å²) in [7, 11) is 0. The molecule has 0 aliphatic rings. The molecule has 106 valence electrons. The lowest BCUT2D eigenvalue weighted by atomic mass is 10.1. The lowest BCUT2D eigenvalue weighted by molar-refractivity contribution is -0.270. The van der Waals surface area contributed by atoms with Gasteiger partial charge in [0.15, 0.2) is 5.78 Å². The van der Waals surface area contributed by atoms with E-state index in [4.69, 9.17) is 11.6 Å². The molecule has 0 heterocycles. The maximum atomic E-state index is 12.6. The molecule has 0 aromatic rings. The number of carbonyl (C=O) groups excluding carboxylic acids is 2. The Hall–Kier alpha value is -0.920. The number of hydrogen-bond donors (Lipinski definition) is 1. The maximum Gasteiger partial charge on any atom is 0.463 e. The van der Waals surface area contributed by atoms with Gasteiger partial charge >= 0.3 is 18.0 Å². The van der Waals surface area contributed by atoms with Crippen molar-refractivity contribution in [3.05, 3.63) is 0 Å². The van der Waals surface area contributed by atoms with E-state index in [2.05, 4.69) is 0 Å². The molecule has 0 fully saturated rings. The zero-order valence-electron chi connectivity index (χ0n) is 9.28. The highest BCUT2D eigenvalue weighted by Gasteiger charge is 2.63. The minimum atomic E-state index is -6.00. The van der Waals surface area contributed by atoms with Crippen LogP contribution in [0.4, 0.5) is 22.0 Å². The molecule has 1 atom stereocenters. The van der Waals surface area contributed by atoms with E-state index < -0.39 is 35.7 Å². The summed E-state index contributed by atoms with van der Waals surface area (Å²) in [6.45, 7) is 1.57. The first-order valence-electron chi connectivity index (χ1n) is 4.92. The van der Waals surface area contributed by atoms with Crippen LogP contribution in [0.3, 0.4) is 0 Å². The van der Waals surface area contributed by atoms with Gasteiger partial charge in [0.25, 0.3) is 0 Å². The number of hydrogen-bond acceptors (Lipinski definition) is 2. The second kappa shape index (κ2) is 6.31. The van der Waals surface area contributed by atoms with E-state index in [-0.39, 0.29) is 6.42 Å². The summed E-state index contributed by atoms with van der Waals surface area (Å²) >= 11 is 5.16. The van der Waals surface area contributed by atoms with E-state index in [1.807, 2.05) is 0 Å². The number of rotatable bonds is 6. The normalized spacial score (nSPS) is 14.2. The highest BCUT2D eigenvalue weighted by atomic mass is 35.5. The molecule has 1 amide bonds. The summed E-state index contributed by atoms with van der Waals surface area (Å²) < 4.78 is 60.9. The standard InChI is InChI=1S/C9H11ClF5NO2/c1-2-3-5(6(17)4-10)16-7(18)8(11,12)9(13,14)15/h5H,2-4H2,1H3,(H,16,18). The maximum absolute atomic E-state index is 12.6. The van der Waals surface area contributed by atoms with Gasteiger partial charge in [0.1, 0.15) is 0 Å². The predicted molar refractivity (Wildman–Crippen MR) is 53.6 cm³/mol. The van der Waals surface area contributed by atoms with Crippen LogP contribution in [0.25, 0.3) is 0 Å². The van der Waals surface area contributed by atoms with Crippen molar-refractivity contribution in [2.24, 2.45) is 0 Å². The highest BCUT2D eigenvalue weighted by Crippen LogP contribution is 2.35. The third-order valence-corrected chi connectivity index (χ3v) is 2.31. The van der Waals surface area contributed by atoms with Gasteiger partial charge in [-0.2, -0.15) is 22.0 Å². The monoisotopic (exact) mass is 295 g/mol. The topological polar surface area (TPSA) is 46.2 Å². The third kappa shape index (κ3) is 4.08. The van der Waals surface area contributed by atoms with Crippen molar-refractivity contribution in [2.45, 2.75) is 37.9 Å². The number of alkyl halides is 6. The lowest BCUT2D eigenvalue weighted by Gasteiger charge is -2.22. The molecule has 0 saturated carbocycles. The zero-order chi connectivity index (χ0) is 14.6. The van der Waals surface area contributed by atoms with Crippen LogP contribution in [0.2, 0.25) is 0 Å². The van der Waals surface area contributed by atoms with Crippen molar-refractivity contribution in [3.8, 4) is 0 Å². The van der Waals surface area contributed by atoms with Gasteiger partial charge in [-0.05, 0) is 6.42 Å². The van der Waals surface area contributed by atoms with Gasteiger partial charge in [-0.25, -0.2) is 0 Å². The Morgan fingerprint density at radius 3 is 2.06 bits per heavy atom. The van der Waals surface area contributed by atoms with Crippen molar-refractivity contribution in [1.82, 2.24) is 5.32 Å². The van der Waals surface area contributed by atoms with Gasteiger partial charge in [0.2, 0.25) is 0 Å². The number of nitrogens with one attached hydrogen (secondary N) is 1. The fourth-order valence-electron chi connectivity index (χ4n) is 1.07. The Balaban J connectivity index is 4.85. The van der Waals surface area contributed by atoms with E-state index in [1.165, 1.54) is 5.32 Å². The highest BCUT2D eigenvalue weighted by molar-refractivity contribution is 6.28. The second-order valence-corrected chi connectivity index (χ2v) is 3.75. The zero-order valence-corrected chi connectivity index (χ0v) is 10.0. The smallest absolute Gasteiger partial charge is 0.341 e. The Bertz CT molecular complexity index is 319. The second-order valence-electron chi connectivity index (χ2n) is 3.49. The number of Topliss-reactive ketones (excluding diaryl/α,β-unsaturated/α-hetero) is 1. The molecule has 0 aliphatic carbocycles. The van der Waals surface area contributed by atoms with Crippen molar-refractivity contribution in [2.75, 3.05) is 5.88 Å². The molecule has 1 unspecified atom stereocenters. The number of carbonyl (C=O) groups is 2. The van der Waals surface area contributed by atoms with Crippen molar-refractivity contribution >= 4 is 23.3 Å². The van der Waals surface area contributed by atoms with Gasteiger partial charge in [0, 0.05) is 0 Å². The van der Waals surface area contributed by atoms with Crippen LogP contribution >= 0.6 is 11.6 Å². The molecule has 0 aromatic heterocycles. The van der Waals surface area contributed by atoms with Crippen LogP contribution in [0, 0.1) is 0 Å². The van der Waals surface area contributed by atoms with Gasteiger partial charge in [-0.15, -0.1) is 11.6 Å². The Labute approximate surface area is 105 Å². The SMILES string of the molecule is CCCC(NC(=O)C(F)(F)C(F)(F)F)C(=O)CCl. The largest absolute Gasteiger partial charge is 0.463 e. The molecule has 0 rings (SSSR count). The molecule has 1 N–H and O–H groups in total. The molecule has 0 bridgehead atoms. The van der Waals surface area contributed by atoms with Crippen LogP contribution in [0.1, 0.15) is 19.8 Å². The molecule has 18 heavy (non-hydrogen) atoms. The van der Waals surface area contributed by atoms with Gasteiger partial charge in [-0.1, -0.05) is 13.3 Å². The Morgan fingerprint density at radius 2 is 1.72 bits per heavy atom. The molecule has 9 heteroatoms. The first-order chi connectivity index (χ1) is 8.07. The molecule has 0 aromatic carbocycles. The Kier molecular flexibility index (Phi) is 5.98. The summed E-state index contributed by atoms with van der Waals surface area (Å²) in [5.41, 5.74) is 0. The first kappa shape index (κ1) is 17.1. The summed E-state index contributed by atoms with van der Waals surface area (Å²) in [5, 5.41) is 1.37. The van der Waals surface area contributed by atoms with E-state index in [0.29, 0.717) is 6.42 Å². The van der Waals surface area contributed by atoms with Crippen molar-refractivity contribution in [1.29, 1.82) is 0 Å². The van der Waals surface area contributed by atoms with E-state index >= 15 is 0 Å². The van der Waals surface area contributed by atoms with Crippen LogP contribution in [0.5, 0.6) is 0 Å². The van der Waals surface area contributed by atoms with Crippen LogP contribution in [0.15, 0.2) is 0 Å². The fourth-order valence-corrected chi connectivity index (χ4v) is 1.26. The molecule has 0 aliphatic heterocycles. The lowest BCUT2D eigenvalue weighted by Crippen LogP contribution is -2.54. The number of amides is 1. The predicted octanol–water partition coefficient (Wildman–Crippen LogP) is 2.28. The average molecular weight is 296 g/mol. The molecular weight excluding hydrogens is 285 g/mol. The van der Waals surface area contributed by atoms with E-state index in [1.54, 1.807) is 6.92 Å². The van der Waals surface area contributed by atoms with Gasteiger partial charge in [0.05, 0.1) is 11.9 Å². The molecule has 0 radical (unpaired) electrons. The average Bonchev–Trinajstić information content (AvgIpc) is 2.25. The summed E-state index contributed by atoms with van der Waals surface area (Å²) in [5.74, 6) is -9.48. The molecule has 3 nitrogen and oxygen atoms in total. The number of halogens is 6. The minimum Gasteiger partial charge on any atom is -0.341 e. The minimum absolute atomic E-state index is 0.0643.